The molecule has 5 heteroatoms. The fourth-order valence-electron chi connectivity index (χ4n) is 3.14. The fraction of sp³-hybridized carbons (Fsp3) is 0.444. The van der Waals surface area contributed by atoms with Gasteiger partial charge in [0.05, 0.1) is 18.3 Å². The normalized spacial score (nSPS) is 15.7. The smallest absolute Gasteiger partial charge is 0.265 e. The highest BCUT2D eigenvalue weighted by Crippen LogP contribution is 2.27. The molecule has 1 aromatic heterocycles. The van der Waals surface area contributed by atoms with Crippen molar-refractivity contribution < 1.29 is 9.53 Å². The predicted octanol–water partition coefficient (Wildman–Crippen LogP) is 3.56. The average Bonchev–Trinajstić information content (AvgIpc) is 3.02. The Bertz CT molecular complexity index is 675. The molecular weight excluding hydrogens is 308 g/mol. The number of piperidine rings is 1. The van der Waals surface area contributed by atoms with Gasteiger partial charge in [0.15, 0.2) is 0 Å². The second kappa shape index (κ2) is 7.13. The molecule has 23 heavy (non-hydrogen) atoms. The highest BCUT2D eigenvalue weighted by atomic mass is 32.1. The van der Waals surface area contributed by atoms with Crippen LogP contribution >= 0.6 is 11.3 Å². The van der Waals surface area contributed by atoms with Gasteiger partial charge in [-0.05, 0) is 43.7 Å². The van der Waals surface area contributed by atoms with E-state index < -0.39 is 0 Å². The number of ether oxygens (including phenoxy) is 1. The molecule has 1 aromatic carbocycles. The minimum atomic E-state index is 0.131. The van der Waals surface area contributed by atoms with Gasteiger partial charge in [0.2, 0.25) is 0 Å². The van der Waals surface area contributed by atoms with Crippen LogP contribution in [0.25, 0.3) is 0 Å². The number of amides is 1. The number of benzene rings is 1. The van der Waals surface area contributed by atoms with E-state index in [2.05, 4.69) is 17.1 Å². The summed E-state index contributed by atoms with van der Waals surface area (Å²) in [6.45, 7) is 3.59. The third kappa shape index (κ3) is 3.72. The Morgan fingerprint density at radius 2 is 2.09 bits per heavy atom. The van der Waals surface area contributed by atoms with E-state index in [0.29, 0.717) is 5.92 Å². The van der Waals surface area contributed by atoms with Crippen molar-refractivity contribution in [1.82, 2.24) is 9.88 Å². The Balaban J connectivity index is 1.57. The van der Waals surface area contributed by atoms with E-state index in [1.807, 2.05) is 24.0 Å². The Morgan fingerprint density at radius 1 is 1.35 bits per heavy atom. The molecule has 0 atom stereocenters. The van der Waals surface area contributed by atoms with Crippen molar-refractivity contribution in [3.05, 3.63) is 45.9 Å². The zero-order chi connectivity index (χ0) is 16.2. The SMILES string of the molecule is COc1ccccc1CC1CCN(C(=O)c2cnc(C)s2)CC1. The zero-order valence-electron chi connectivity index (χ0n) is 13.6. The van der Waals surface area contributed by atoms with Crippen molar-refractivity contribution in [1.29, 1.82) is 0 Å². The van der Waals surface area contributed by atoms with Gasteiger partial charge < -0.3 is 9.64 Å². The number of para-hydroxylation sites is 1. The van der Waals surface area contributed by atoms with Gasteiger partial charge in [0, 0.05) is 13.1 Å². The zero-order valence-corrected chi connectivity index (χ0v) is 14.4. The molecule has 0 aliphatic carbocycles. The number of likely N-dealkylation sites (tertiary alicyclic amines) is 1. The summed E-state index contributed by atoms with van der Waals surface area (Å²) in [5.74, 6) is 1.70. The number of carbonyl (C=O) groups excluding carboxylic acids is 1. The number of rotatable bonds is 4. The lowest BCUT2D eigenvalue weighted by Crippen LogP contribution is -2.38. The van der Waals surface area contributed by atoms with Crippen LogP contribution in [-0.2, 0) is 6.42 Å². The fourth-order valence-corrected chi connectivity index (χ4v) is 3.88. The molecule has 0 bridgehead atoms. The molecule has 2 heterocycles. The van der Waals surface area contributed by atoms with Crippen molar-refractivity contribution in [2.75, 3.05) is 20.2 Å². The van der Waals surface area contributed by atoms with E-state index >= 15 is 0 Å². The molecule has 3 rings (SSSR count). The molecule has 1 amide bonds. The second-order valence-corrected chi connectivity index (χ2v) is 7.23. The number of thiazole rings is 1. The van der Waals surface area contributed by atoms with Crippen LogP contribution in [-0.4, -0.2) is 36.0 Å². The maximum Gasteiger partial charge on any atom is 0.265 e. The minimum absolute atomic E-state index is 0.131. The van der Waals surface area contributed by atoms with Crippen LogP contribution in [0.3, 0.4) is 0 Å². The Hall–Kier alpha value is -1.88. The van der Waals surface area contributed by atoms with Crippen molar-refractivity contribution in [3.8, 4) is 5.75 Å². The van der Waals surface area contributed by atoms with Crippen molar-refractivity contribution in [2.24, 2.45) is 5.92 Å². The number of aryl methyl sites for hydroxylation is 1. The van der Waals surface area contributed by atoms with Gasteiger partial charge in [-0.3, -0.25) is 4.79 Å². The standard InChI is InChI=1S/C18H22N2O2S/c1-13-19-12-17(23-13)18(21)20-9-7-14(8-10-20)11-15-5-3-4-6-16(15)22-2/h3-6,12,14H,7-11H2,1-2H3. The van der Waals surface area contributed by atoms with Crippen LogP contribution in [0.1, 0.15) is 33.1 Å². The highest BCUT2D eigenvalue weighted by molar-refractivity contribution is 7.13. The lowest BCUT2D eigenvalue weighted by atomic mass is 9.90. The van der Waals surface area contributed by atoms with E-state index in [1.165, 1.54) is 16.9 Å². The van der Waals surface area contributed by atoms with E-state index in [4.69, 9.17) is 4.74 Å². The van der Waals surface area contributed by atoms with Crippen LogP contribution in [0, 0.1) is 12.8 Å². The Labute approximate surface area is 141 Å². The minimum Gasteiger partial charge on any atom is -0.496 e. The summed E-state index contributed by atoms with van der Waals surface area (Å²) in [5, 5.41) is 0.944. The topological polar surface area (TPSA) is 42.4 Å². The van der Waals surface area contributed by atoms with Crippen LogP contribution in [0.15, 0.2) is 30.5 Å². The Morgan fingerprint density at radius 3 is 2.74 bits per heavy atom. The molecule has 2 aromatic rings. The Kier molecular flexibility index (Phi) is 4.96. The second-order valence-electron chi connectivity index (χ2n) is 6.00. The summed E-state index contributed by atoms with van der Waals surface area (Å²) in [5.41, 5.74) is 1.26. The van der Waals surface area contributed by atoms with Crippen molar-refractivity contribution in [2.45, 2.75) is 26.2 Å². The van der Waals surface area contributed by atoms with Gasteiger partial charge in [-0.25, -0.2) is 4.98 Å². The summed E-state index contributed by atoms with van der Waals surface area (Å²) in [6, 6.07) is 8.21. The largest absolute Gasteiger partial charge is 0.496 e. The maximum absolute atomic E-state index is 12.5. The van der Waals surface area contributed by atoms with Crippen molar-refractivity contribution >= 4 is 17.2 Å². The molecule has 1 aliphatic heterocycles. The molecular formula is C18H22N2O2S. The maximum atomic E-state index is 12.5. The number of aromatic nitrogens is 1. The summed E-state index contributed by atoms with van der Waals surface area (Å²) in [4.78, 5) is 19.4. The van der Waals surface area contributed by atoms with Gasteiger partial charge in [0.1, 0.15) is 10.6 Å². The molecule has 1 saturated heterocycles. The molecule has 0 N–H and O–H groups in total. The lowest BCUT2D eigenvalue weighted by Gasteiger charge is -2.32. The quantitative estimate of drug-likeness (QED) is 0.861. The summed E-state index contributed by atoms with van der Waals surface area (Å²) in [7, 11) is 1.72. The molecule has 0 radical (unpaired) electrons. The van der Waals surface area contributed by atoms with Crippen LogP contribution in [0.5, 0.6) is 5.75 Å². The molecule has 1 fully saturated rings. The third-order valence-corrected chi connectivity index (χ3v) is 5.34. The molecule has 4 nitrogen and oxygen atoms in total. The van der Waals surface area contributed by atoms with Crippen LogP contribution in [0.4, 0.5) is 0 Å². The van der Waals surface area contributed by atoms with E-state index in [0.717, 1.165) is 48.0 Å². The van der Waals surface area contributed by atoms with Gasteiger partial charge >= 0.3 is 0 Å². The average molecular weight is 330 g/mol. The van der Waals surface area contributed by atoms with E-state index in [-0.39, 0.29) is 5.91 Å². The van der Waals surface area contributed by atoms with Gasteiger partial charge in [0.25, 0.3) is 5.91 Å². The molecule has 0 unspecified atom stereocenters. The van der Waals surface area contributed by atoms with E-state index in [9.17, 15) is 4.79 Å². The summed E-state index contributed by atoms with van der Waals surface area (Å²) in [6.07, 6.45) is 4.80. The van der Waals surface area contributed by atoms with Crippen LogP contribution < -0.4 is 4.74 Å². The highest BCUT2D eigenvalue weighted by Gasteiger charge is 2.25. The third-order valence-electron chi connectivity index (χ3n) is 4.43. The molecule has 0 saturated carbocycles. The first-order valence-corrected chi connectivity index (χ1v) is 8.82. The number of hydrogen-bond acceptors (Lipinski definition) is 4. The number of methoxy groups -OCH3 is 1. The molecule has 0 spiro atoms. The summed E-state index contributed by atoms with van der Waals surface area (Å²) >= 11 is 1.48. The first-order chi connectivity index (χ1) is 11.2. The summed E-state index contributed by atoms with van der Waals surface area (Å²) < 4.78 is 5.44. The van der Waals surface area contributed by atoms with Gasteiger partial charge in [-0.2, -0.15) is 0 Å². The van der Waals surface area contributed by atoms with Crippen molar-refractivity contribution in [3.63, 3.8) is 0 Å². The van der Waals surface area contributed by atoms with Gasteiger partial charge in [-0.15, -0.1) is 11.3 Å². The first kappa shape index (κ1) is 16.0. The first-order valence-electron chi connectivity index (χ1n) is 8.01. The number of nitrogens with zero attached hydrogens (tertiary/aromatic N) is 2. The molecule has 122 valence electrons. The van der Waals surface area contributed by atoms with Gasteiger partial charge in [-0.1, -0.05) is 18.2 Å². The number of hydrogen-bond donors (Lipinski definition) is 0. The van der Waals surface area contributed by atoms with Crippen LogP contribution in [0.2, 0.25) is 0 Å². The van der Waals surface area contributed by atoms with E-state index in [1.54, 1.807) is 13.3 Å². The lowest BCUT2D eigenvalue weighted by molar-refractivity contribution is 0.0695. The molecule has 1 aliphatic rings. The monoisotopic (exact) mass is 330 g/mol. The number of carbonyl (C=O) groups is 1. The predicted molar refractivity (Wildman–Crippen MR) is 92.2 cm³/mol.